The van der Waals surface area contributed by atoms with Crippen molar-refractivity contribution in [3.63, 3.8) is 0 Å². The smallest absolute Gasteiger partial charge is 0.0609 e. The number of nitrogens with zero attached hydrogens (tertiary/aromatic N) is 1. The highest BCUT2D eigenvalue weighted by Crippen LogP contribution is 2.21. The Labute approximate surface area is 117 Å². The predicted octanol–water partition coefficient (Wildman–Crippen LogP) is 2.35. The van der Waals surface area contributed by atoms with E-state index in [4.69, 9.17) is 0 Å². The van der Waals surface area contributed by atoms with Crippen molar-refractivity contribution < 1.29 is 5.11 Å². The number of aliphatic hydroxyl groups is 1. The highest BCUT2D eigenvalue weighted by molar-refractivity contribution is 5.28. The summed E-state index contributed by atoms with van der Waals surface area (Å²) in [5.41, 5.74) is 2.52. The molecule has 0 radical (unpaired) electrons. The van der Waals surface area contributed by atoms with Crippen molar-refractivity contribution in [3.05, 3.63) is 35.4 Å². The van der Waals surface area contributed by atoms with E-state index in [1.807, 2.05) is 7.05 Å². The van der Waals surface area contributed by atoms with Crippen LogP contribution in [0.4, 0.5) is 0 Å². The van der Waals surface area contributed by atoms with Crippen LogP contribution >= 0.6 is 0 Å². The zero-order valence-electron chi connectivity index (χ0n) is 12.9. The van der Waals surface area contributed by atoms with Crippen molar-refractivity contribution in [1.29, 1.82) is 0 Å². The summed E-state index contributed by atoms with van der Waals surface area (Å²) in [6.07, 6.45) is 1.03. The summed E-state index contributed by atoms with van der Waals surface area (Å²) in [5.74, 6) is 0. The van der Waals surface area contributed by atoms with Gasteiger partial charge in [-0.15, -0.1) is 0 Å². The maximum absolute atomic E-state index is 9.39. The fraction of sp³-hybridized carbons (Fsp3) is 0.625. The molecule has 0 aromatic heterocycles. The van der Waals surface area contributed by atoms with Crippen LogP contribution in [-0.4, -0.2) is 42.8 Å². The Bertz CT molecular complexity index is 390. The molecule has 1 rings (SSSR count). The fourth-order valence-corrected chi connectivity index (χ4v) is 2.18. The highest BCUT2D eigenvalue weighted by atomic mass is 16.3. The Morgan fingerprint density at radius 2 is 1.95 bits per heavy atom. The van der Waals surface area contributed by atoms with Gasteiger partial charge in [-0.05, 0) is 52.4 Å². The molecule has 1 atom stereocenters. The van der Waals surface area contributed by atoms with Crippen molar-refractivity contribution >= 4 is 0 Å². The van der Waals surface area contributed by atoms with E-state index in [1.54, 1.807) is 0 Å². The van der Waals surface area contributed by atoms with Crippen LogP contribution in [0.2, 0.25) is 0 Å². The molecule has 108 valence electrons. The Balaban J connectivity index is 2.67. The molecule has 0 fully saturated rings. The molecule has 19 heavy (non-hydrogen) atoms. The molecule has 1 aromatic carbocycles. The maximum atomic E-state index is 9.39. The molecule has 0 saturated carbocycles. The van der Waals surface area contributed by atoms with Gasteiger partial charge in [-0.1, -0.05) is 24.3 Å². The van der Waals surface area contributed by atoms with Crippen LogP contribution in [0.1, 0.15) is 37.4 Å². The Morgan fingerprint density at radius 1 is 1.32 bits per heavy atom. The predicted molar refractivity (Wildman–Crippen MR) is 81.4 cm³/mol. The third-order valence-corrected chi connectivity index (χ3v) is 4.09. The van der Waals surface area contributed by atoms with Crippen LogP contribution in [0.5, 0.6) is 0 Å². The minimum atomic E-state index is -0.163. The Kier molecular flexibility index (Phi) is 5.98. The summed E-state index contributed by atoms with van der Waals surface area (Å²) in [6.45, 7) is 7.41. The van der Waals surface area contributed by atoms with E-state index >= 15 is 0 Å². The van der Waals surface area contributed by atoms with Crippen molar-refractivity contribution in [2.24, 2.45) is 0 Å². The van der Waals surface area contributed by atoms with E-state index in [1.165, 1.54) is 11.1 Å². The summed E-state index contributed by atoms with van der Waals surface area (Å²) in [4.78, 5) is 2.22. The first kappa shape index (κ1) is 16.2. The molecule has 1 unspecified atom stereocenters. The van der Waals surface area contributed by atoms with Gasteiger partial charge in [-0.25, -0.2) is 0 Å². The summed E-state index contributed by atoms with van der Waals surface area (Å²) in [7, 11) is 4.08. The molecule has 0 heterocycles. The van der Waals surface area contributed by atoms with Gasteiger partial charge in [0, 0.05) is 18.1 Å². The van der Waals surface area contributed by atoms with Gasteiger partial charge in [0.1, 0.15) is 0 Å². The summed E-state index contributed by atoms with van der Waals surface area (Å²) in [6, 6.07) is 8.87. The van der Waals surface area contributed by atoms with Crippen molar-refractivity contribution in [3.8, 4) is 0 Å². The minimum Gasteiger partial charge on any atom is -0.394 e. The van der Waals surface area contributed by atoms with Crippen LogP contribution in [0.3, 0.4) is 0 Å². The number of hydrogen-bond donors (Lipinski definition) is 2. The summed E-state index contributed by atoms with van der Waals surface area (Å²) in [5, 5.41) is 12.8. The van der Waals surface area contributed by atoms with Gasteiger partial charge >= 0.3 is 0 Å². The standard InChI is InChI=1S/C16H28N2O/c1-13-8-6-7-9-14(13)15(17-4)10-11-18(5)16(2,3)12-19/h6-9,15,17,19H,10-12H2,1-5H3. The van der Waals surface area contributed by atoms with Crippen molar-refractivity contribution in [2.75, 3.05) is 27.2 Å². The molecular formula is C16H28N2O. The van der Waals surface area contributed by atoms with Gasteiger partial charge < -0.3 is 10.4 Å². The lowest BCUT2D eigenvalue weighted by atomic mass is 9.97. The lowest BCUT2D eigenvalue weighted by Crippen LogP contribution is -2.45. The SMILES string of the molecule is CNC(CCN(C)C(C)(C)CO)c1ccccc1C. The number of hydrogen-bond acceptors (Lipinski definition) is 3. The van der Waals surface area contributed by atoms with E-state index in [2.05, 4.69) is 62.3 Å². The van der Waals surface area contributed by atoms with Gasteiger partial charge in [0.25, 0.3) is 0 Å². The number of aryl methyl sites for hydroxylation is 1. The van der Waals surface area contributed by atoms with Crippen molar-refractivity contribution in [2.45, 2.75) is 38.8 Å². The van der Waals surface area contributed by atoms with Crippen LogP contribution in [0, 0.1) is 6.92 Å². The zero-order valence-corrected chi connectivity index (χ0v) is 12.9. The highest BCUT2D eigenvalue weighted by Gasteiger charge is 2.23. The molecular weight excluding hydrogens is 236 g/mol. The lowest BCUT2D eigenvalue weighted by Gasteiger charge is -2.35. The third-order valence-electron chi connectivity index (χ3n) is 4.09. The largest absolute Gasteiger partial charge is 0.394 e. The molecule has 0 bridgehead atoms. The van der Waals surface area contributed by atoms with E-state index in [0.29, 0.717) is 6.04 Å². The van der Waals surface area contributed by atoms with Gasteiger partial charge in [-0.2, -0.15) is 0 Å². The second-order valence-electron chi connectivity index (χ2n) is 5.88. The molecule has 1 aromatic rings. The average Bonchev–Trinajstić information content (AvgIpc) is 2.40. The number of rotatable bonds is 7. The number of likely N-dealkylation sites (N-methyl/N-ethyl adjacent to an activating group) is 1. The second kappa shape index (κ2) is 7.04. The van der Waals surface area contributed by atoms with E-state index in [-0.39, 0.29) is 12.1 Å². The van der Waals surface area contributed by atoms with Crippen LogP contribution < -0.4 is 5.32 Å². The van der Waals surface area contributed by atoms with E-state index < -0.39 is 0 Å². The molecule has 0 aliphatic rings. The van der Waals surface area contributed by atoms with Crippen LogP contribution in [-0.2, 0) is 0 Å². The van der Waals surface area contributed by atoms with Crippen LogP contribution in [0.25, 0.3) is 0 Å². The molecule has 0 spiro atoms. The molecule has 3 heteroatoms. The number of nitrogens with one attached hydrogen (secondary N) is 1. The average molecular weight is 264 g/mol. The van der Waals surface area contributed by atoms with E-state index in [9.17, 15) is 5.11 Å². The first-order valence-electron chi connectivity index (χ1n) is 6.97. The molecule has 3 nitrogen and oxygen atoms in total. The second-order valence-corrected chi connectivity index (χ2v) is 5.88. The van der Waals surface area contributed by atoms with Gasteiger partial charge in [-0.3, -0.25) is 4.90 Å². The topological polar surface area (TPSA) is 35.5 Å². The first-order chi connectivity index (χ1) is 8.92. The number of benzene rings is 1. The van der Waals surface area contributed by atoms with Gasteiger partial charge in [0.05, 0.1) is 6.61 Å². The van der Waals surface area contributed by atoms with Gasteiger partial charge in [0.15, 0.2) is 0 Å². The zero-order chi connectivity index (χ0) is 14.5. The normalized spacial score (nSPS) is 13.8. The third kappa shape index (κ3) is 4.30. The molecule has 2 N–H and O–H groups in total. The molecule has 0 aliphatic carbocycles. The molecule has 0 aliphatic heterocycles. The minimum absolute atomic E-state index is 0.163. The summed E-state index contributed by atoms with van der Waals surface area (Å²) >= 11 is 0. The molecule has 0 saturated heterocycles. The summed E-state index contributed by atoms with van der Waals surface area (Å²) < 4.78 is 0. The Hall–Kier alpha value is -0.900. The van der Waals surface area contributed by atoms with Gasteiger partial charge in [0.2, 0.25) is 0 Å². The van der Waals surface area contributed by atoms with E-state index in [0.717, 1.165) is 13.0 Å². The van der Waals surface area contributed by atoms with Crippen LogP contribution in [0.15, 0.2) is 24.3 Å². The quantitative estimate of drug-likeness (QED) is 0.793. The monoisotopic (exact) mass is 264 g/mol. The lowest BCUT2D eigenvalue weighted by molar-refractivity contribution is 0.0759. The maximum Gasteiger partial charge on any atom is 0.0609 e. The van der Waals surface area contributed by atoms with Crippen molar-refractivity contribution in [1.82, 2.24) is 10.2 Å². The first-order valence-corrected chi connectivity index (χ1v) is 6.97. The number of aliphatic hydroxyl groups excluding tert-OH is 1. The molecule has 0 amide bonds. The fourth-order valence-electron chi connectivity index (χ4n) is 2.18. The Morgan fingerprint density at radius 3 is 2.47 bits per heavy atom.